The fourth-order valence-corrected chi connectivity index (χ4v) is 2.94. The number of aliphatic carboxylic acids is 1. The first-order valence-corrected chi connectivity index (χ1v) is 8.56. The van der Waals surface area contributed by atoms with E-state index in [1.807, 2.05) is 73.7 Å². The van der Waals surface area contributed by atoms with Crippen molar-refractivity contribution in [2.75, 3.05) is 0 Å². The van der Waals surface area contributed by atoms with Gasteiger partial charge in [0.1, 0.15) is 6.04 Å². The van der Waals surface area contributed by atoms with E-state index in [9.17, 15) is 14.7 Å². The van der Waals surface area contributed by atoms with Gasteiger partial charge in [-0.2, -0.15) is 0 Å². The average Bonchev–Trinajstić information content (AvgIpc) is 2.63. The molecule has 4 nitrogen and oxygen atoms in total. The second-order valence-electron chi connectivity index (χ2n) is 6.51. The molecule has 0 unspecified atom stereocenters. The lowest BCUT2D eigenvalue weighted by Gasteiger charge is -2.15. The summed E-state index contributed by atoms with van der Waals surface area (Å²) >= 11 is 0. The van der Waals surface area contributed by atoms with Crippen LogP contribution in [0.2, 0.25) is 0 Å². The van der Waals surface area contributed by atoms with Crippen LogP contribution in [0.5, 0.6) is 0 Å². The lowest BCUT2D eigenvalue weighted by Crippen LogP contribution is -2.43. The van der Waals surface area contributed by atoms with Crippen molar-refractivity contribution in [3.8, 4) is 0 Å². The number of fused-ring (bicyclic) bond motifs is 1. The van der Waals surface area contributed by atoms with Crippen LogP contribution in [-0.2, 0) is 22.4 Å². The van der Waals surface area contributed by atoms with E-state index in [0.717, 1.165) is 27.5 Å². The Balaban J connectivity index is 1.68. The number of rotatable bonds is 6. The van der Waals surface area contributed by atoms with Gasteiger partial charge in [0.05, 0.1) is 6.42 Å². The topological polar surface area (TPSA) is 66.4 Å². The first-order chi connectivity index (χ1) is 12.5. The number of nitrogens with one attached hydrogen (secondary N) is 1. The molecule has 0 bridgehead atoms. The maximum Gasteiger partial charge on any atom is 0.326 e. The molecule has 0 fully saturated rings. The van der Waals surface area contributed by atoms with Gasteiger partial charge in [-0.25, -0.2) is 4.79 Å². The van der Waals surface area contributed by atoms with Crippen molar-refractivity contribution in [3.05, 3.63) is 83.4 Å². The second-order valence-corrected chi connectivity index (χ2v) is 6.51. The van der Waals surface area contributed by atoms with Crippen molar-refractivity contribution in [1.82, 2.24) is 5.32 Å². The fourth-order valence-electron chi connectivity index (χ4n) is 2.94. The minimum absolute atomic E-state index is 0.168. The molecule has 0 saturated heterocycles. The number of aryl methyl sites for hydroxylation is 1. The summed E-state index contributed by atoms with van der Waals surface area (Å²) in [7, 11) is 0. The molecule has 1 amide bonds. The van der Waals surface area contributed by atoms with Crippen LogP contribution in [0.15, 0.2) is 66.7 Å². The van der Waals surface area contributed by atoms with Gasteiger partial charge in [-0.15, -0.1) is 0 Å². The number of carbonyl (C=O) groups excluding carboxylic acids is 1. The number of carboxylic acids is 1. The Labute approximate surface area is 152 Å². The Bertz CT molecular complexity index is 932. The van der Waals surface area contributed by atoms with Crippen LogP contribution in [0.25, 0.3) is 10.8 Å². The molecule has 0 radical (unpaired) electrons. The van der Waals surface area contributed by atoms with Crippen molar-refractivity contribution in [3.63, 3.8) is 0 Å². The highest BCUT2D eigenvalue weighted by Crippen LogP contribution is 2.17. The van der Waals surface area contributed by atoms with Crippen molar-refractivity contribution >= 4 is 22.6 Å². The molecule has 3 aromatic rings. The minimum atomic E-state index is -1.03. The zero-order valence-electron chi connectivity index (χ0n) is 14.6. The van der Waals surface area contributed by atoms with E-state index in [1.54, 1.807) is 0 Å². The molecule has 0 aromatic heterocycles. The van der Waals surface area contributed by atoms with Gasteiger partial charge in [0.25, 0.3) is 0 Å². The first kappa shape index (κ1) is 17.7. The standard InChI is InChI=1S/C22H21NO3/c1-15-6-8-16(9-7-15)14-21(24)23-20(22(25)26)13-17-10-11-18-4-2-3-5-19(18)12-17/h2-12,20H,13-14H2,1H3,(H,23,24)(H,25,26)/t20-/m0/s1. The van der Waals surface area contributed by atoms with Crippen LogP contribution in [0.4, 0.5) is 0 Å². The van der Waals surface area contributed by atoms with Crippen molar-refractivity contribution in [1.29, 1.82) is 0 Å². The Morgan fingerprint density at radius 1 is 0.923 bits per heavy atom. The van der Waals surface area contributed by atoms with Crippen LogP contribution in [-0.4, -0.2) is 23.0 Å². The number of amides is 1. The largest absolute Gasteiger partial charge is 0.480 e. The van der Waals surface area contributed by atoms with Crippen LogP contribution in [0.1, 0.15) is 16.7 Å². The summed E-state index contributed by atoms with van der Waals surface area (Å²) in [5.41, 5.74) is 2.86. The highest BCUT2D eigenvalue weighted by Gasteiger charge is 2.20. The Kier molecular flexibility index (Phi) is 5.32. The fraction of sp³-hybridized carbons (Fsp3) is 0.182. The summed E-state index contributed by atoms with van der Waals surface area (Å²) in [6.45, 7) is 1.98. The molecule has 0 saturated carbocycles. The van der Waals surface area contributed by atoms with Gasteiger partial charge < -0.3 is 10.4 Å². The predicted octanol–water partition coefficient (Wildman–Crippen LogP) is 3.50. The molecule has 0 heterocycles. The molecule has 0 aliphatic rings. The quantitative estimate of drug-likeness (QED) is 0.717. The number of carboxylic acid groups (broad SMARTS) is 1. The number of benzene rings is 3. The summed E-state index contributed by atoms with van der Waals surface area (Å²) in [6.07, 6.45) is 0.418. The molecule has 3 aromatic carbocycles. The van der Waals surface area contributed by atoms with E-state index in [4.69, 9.17) is 0 Å². The van der Waals surface area contributed by atoms with E-state index in [2.05, 4.69) is 5.32 Å². The number of hydrogen-bond acceptors (Lipinski definition) is 2. The van der Waals surface area contributed by atoms with E-state index in [1.165, 1.54) is 0 Å². The van der Waals surface area contributed by atoms with Crippen LogP contribution >= 0.6 is 0 Å². The van der Waals surface area contributed by atoms with Gasteiger partial charge in [-0.1, -0.05) is 72.3 Å². The highest BCUT2D eigenvalue weighted by molar-refractivity contribution is 5.86. The van der Waals surface area contributed by atoms with Crippen LogP contribution in [0, 0.1) is 6.92 Å². The Morgan fingerprint density at radius 2 is 1.58 bits per heavy atom. The van der Waals surface area contributed by atoms with Crippen molar-refractivity contribution in [2.45, 2.75) is 25.8 Å². The van der Waals surface area contributed by atoms with Crippen LogP contribution in [0.3, 0.4) is 0 Å². The lowest BCUT2D eigenvalue weighted by atomic mass is 10.0. The summed E-state index contributed by atoms with van der Waals surface area (Å²) < 4.78 is 0. The SMILES string of the molecule is Cc1ccc(CC(=O)N[C@@H](Cc2ccc3ccccc3c2)C(=O)O)cc1. The molecular weight excluding hydrogens is 326 g/mol. The van der Waals surface area contributed by atoms with Gasteiger partial charge in [0, 0.05) is 6.42 Å². The molecule has 0 spiro atoms. The number of carbonyl (C=O) groups is 2. The van der Waals surface area contributed by atoms with Gasteiger partial charge in [-0.05, 0) is 28.8 Å². The Hall–Kier alpha value is -3.14. The molecular formula is C22H21NO3. The van der Waals surface area contributed by atoms with Crippen LogP contribution < -0.4 is 5.32 Å². The molecule has 2 N–H and O–H groups in total. The highest BCUT2D eigenvalue weighted by atomic mass is 16.4. The van der Waals surface area contributed by atoms with Gasteiger partial charge in [0.2, 0.25) is 5.91 Å². The molecule has 1 atom stereocenters. The smallest absolute Gasteiger partial charge is 0.326 e. The summed E-state index contributed by atoms with van der Waals surface area (Å²) in [6, 6.07) is 20.5. The molecule has 3 rings (SSSR count). The maximum atomic E-state index is 12.2. The monoisotopic (exact) mass is 347 g/mol. The van der Waals surface area contributed by atoms with Gasteiger partial charge in [-0.3, -0.25) is 4.79 Å². The van der Waals surface area contributed by atoms with E-state index in [0.29, 0.717) is 0 Å². The van der Waals surface area contributed by atoms with Gasteiger partial charge >= 0.3 is 5.97 Å². The average molecular weight is 347 g/mol. The van der Waals surface area contributed by atoms with E-state index in [-0.39, 0.29) is 18.7 Å². The summed E-state index contributed by atoms with van der Waals surface area (Å²) in [4.78, 5) is 23.8. The first-order valence-electron chi connectivity index (χ1n) is 8.56. The van der Waals surface area contributed by atoms with Crippen molar-refractivity contribution in [2.24, 2.45) is 0 Å². The summed E-state index contributed by atoms with van der Waals surface area (Å²) in [5.74, 6) is -1.32. The maximum absolute atomic E-state index is 12.2. The molecule has 0 aliphatic heterocycles. The third kappa shape index (κ3) is 4.48. The zero-order valence-corrected chi connectivity index (χ0v) is 14.6. The third-order valence-electron chi connectivity index (χ3n) is 4.37. The third-order valence-corrected chi connectivity index (χ3v) is 4.37. The van der Waals surface area contributed by atoms with E-state index < -0.39 is 12.0 Å². The Morgan fingerprint density at radius 3 is 2.27 bits per heavy atom. The van der Waals surface area contributed by atoms with Crippen molar-refractivity contribution < 1.29 is 14.7 Å². The molecule has 26 heavy (non-hydrogen) atoms. The predicted molar refractivity (Wildman–Crippen MR) is 102 cm³/mol. The lowest BCUT2D eigenvalue weighted by molar-refractivity contribution is -0.141. The molecule has 132 valence electrons. The van der Waals surface area contributed by atoms with Gasteiger partial charge in [0.15, 0.2) is 0 Å². The minimum Gasteiger partial charge on any atom is -0.480 e. The molecule has 4 heteroatoms. The normalized spacial score (nSPS) is 11.9. The summed E-state index contributed by atoms with van der Waals surface area (Å²) in [5, 5.41) is 14.3. The second kappa shape index (κ2) is 7.83. The molecule has 0 aliphatic carbocycles. The number of hydrogen-bond donors (Lipinski definition) is 2. The zero-order chi connectivity index (χ0) is 18.5. The van der Waals surface area contributed by atoms with E-state index >= 15 is 0 Å².